The zero-order valence-corrected chi connectivity index (χ0v) is 12.5. The summed E-state index contributed by atoms with van der Waals surface area (Å²) in [5.74, 6) is -0.484. The van der Waals surface area contributed by atoms with Gasteiger partial charge in [0.2, 0.25) is 10.0 Å². The van der Waals surface area contributed by atoms with Gasteiger partial charge in [0.1, 0.15) is 5.82 Å². The molecule has 21 heavy (non-hydrogen) atoms. The molecule has 0 unspecified atom stereocenters. The van der Waals surface area contributed by atoms with Crippen LogP contribution in [0.2, 0.25) is 0 Å². The first kappa shape index (κ1) is 14.1. The van der Waals surface area contributed by atoms with E-state index in [1.165, 1.54) is 28.6 Å². The molecule has 0 saturated heterocycles. The van der Waals surface area contributed by atoms with Crippen molar-refractivity contribution < 1.29 is 12.8 Å². The van der Waals surface area contributed by atoms with Crippen molar-refractivity contribution in [1.82, 2.24) is 0 Å². The van der Waals surface area contributed by atoms with Crippen molar-refractivity contribution >= 4 is 15.7 Å². The van der Waals surface area contributed by atoms with E-state index in [4.69, 9.17) is 0 Å². The highest BCUT2D eigenvalue weighted by atomic mass is 32.2. The zero-order chi connectivity index (χ0) is 15.0. The van der Waals surface area contributed by atoms with Crippen LogP contribution in [0.5, 0.6) is 0 Å². The van der Waals surface area contributed by atoms with Gasteiger partial charge in [-0.3, -0.25) is 4.31 Å². The van der Waals surface area contributed by atoms with Crippen LogP contribution in [0.15, 0.2) is 48.5 Å². The smallest absolute Gasteiger partial charge is 0.239 e. The minimum absolute atomic E-state index is 0.0900. The van der Waals surface area contributed by atoms with Gasteiger partial charge < -0.3 is 0 Å². The number of anilines is 1. The zero-order valence-electron chi connectivity index (χ0n) is 11.7. The predicted molar refractivity (Wildman–Crippen MR) is 81.1 cm³/mol. The van der Waals surface area contributed by atoms with E-state index < -0.39 is 10.0 Å². The molecule has 0 fully saturated rings. The first-order valence-electron chi connectivity index (χ1n) is 6.82. The van der Waals surface area contributed by atoms with Crippen molar-refractivity contribution in [2.75, 3.05) is 4.31 Å². The fraction of sp³-hybridized carbons (Fsp3) is 0.250. The number of rotatable bonds is 3. The largest absolute Gasteiger partial charge is 0.267 e. The lowest BCUT2D eigenvalue weighted by atomic mass is 10.1. The van der Waals surface area contributed by atoms with E-state index in [9.17, 15) is 12.8 Å². The molecule has 1 atom stereocenters. The molecule has 110 valence electrons. The number of hydrogen-bond donors (Lipinski definition) is 0. The topological polar surface area (TPSA) is 37.4 Å². The first-order chi connectivity index (χ1) is 9.97. The van der Waals surface area contributed by atoms with Gasteiger partial charge in [-0.15, -0.1) is 0 Å². The Morgan fingerprint density at radius 3 is 2.52 bits per heavy atom. The third-order valence-corrected chi connectivity index (χ3v) is 5.56. The normalized spacial score (nSPS) is 17.8. The van der Waals surface area contributed by atoms with Crippen molar-refractivity contribution in [3.8, 4) is 0 Å². The average molecular weight is 305 g/mol. The van der Waals surface area contributed by atoms with Crippen LogP contribution in [0.3, 0.4) is 0 Å². The number of fused-ring (bicyclic) bond motifs is 1. The number of hydrogen-bond acceptors (Lipinski definition) is 2. The maximum atomic E-state index is 12.9. The highest BCUT2D eigenvalue weighted by Gasteiger charge is 2.34. The Morgan fingerprint density at radius 2 is 1.81 bits per heavy atom. The number of nitrogens with zero attached hydrogens (tertiary/aromatic N) is 1. The van der Waals surface area contributed by atoms with Gasteiger partial charge in [0.15, 0.2) is 0 Å². The van der Waals surface area contributed by atoms with Crippen LogP contribution < -0.4 is 4.31 Å². The lowest BCUT2D eigenvalue weighted by Gasteiger charge is -2.24. The molecule has 3 nitrogen and oxygen atoms in total. The van der Waals surface area contributed by atoms with Crippen LogP contribution in [-0.2, 0) is 22.2 Å². The van der Waals surface area contributed by atoms with Gasteiger partial charge in [0.05, 0.1) is 11.4 Å². The minimum Gasteiger partial charge on any atom is -0.267 e. The second-order valence-corrected chi connectivity index (χ2v) is 7.21. The summed E-state index contributed by atoms with van der Waals surface area (Å²) in [6, 6.07) is 13.1. The molecule has 0 aliphatic carbocycles. The Bertz CT molecular complexity index is 756. The second kappa shape index (κ2) is 5.15. The molecular weight excluding hydrogens is 289 g/mol. The molecule has 0 amide bonds. The molecule has 2 aromatic carbocycles. The number of sulfonamides is 1. The second-order valence-electron chi connectivity index (χ2n) is 5.36. The molecule has 0 bridgehead atoms. The van der Waals surface area contributed by atoms with E-state index in [1.807, 2.05) is 31.2 Å². The fourth-order valence-corrected chi connectivity index (χ4v) is 4.68. The summed E-state index contributed by atoms with van der Waals surface area (Å²) in [5, 5.41) is 0. The maximum Gasteiger partial charge on any atom is 0.239 e. The summed E-state index contributed by atoms with van der Waals surface area (Å²) in [4.78, 5) is 0. The quantitative estimate of drug-likeness (QED) is 0.874. The average Bonchev–Trinajstić information content (AvgIpc) is 2.77. The van der Waals surface area contributed by atoms with Gasteiger partial charge in [-0.25, -0.2) is 12.8 Å². The van der Waals surface area contributed by atoms with Gasteiger partial charge in [0.25, 0.3) is 0 Å². The summed E-state index contributed by atoms with van der Waals surface area (Å²) < 4.78 is 39.8. The van der Waals surface area contributed by atoms with Crippen LogP contribution in [0, 0.1) is 5.82 Å². The summed E-state index contributed by atoms with van der Waals surface area (Å²) in [6.07, 6.45) is 0.721. The van der Waals surface area contributed by atoms with Crippen molar-refractivity contribution in [3.05, 3.63) is 65.5 Å². The standard InChI is InChI=1S/C16H16FNO2S/c1-12-10-14-4-2-3-5-16(14)18(12)21(19,20)11-13-6-8-15(17)9-7-13/h2-9,12H,10-11H2,1H3/t12-/m0/s1. The van der Waals surface area contributed by atoms with Crippen molar-refractivity contribution in [2.45, 2.75) is 25.1 Å². The predicted octanol–water partition coefficient (Wildman–Crippen LogP) is 3.11. The molecule has 0 N–H and O–H groups in total. The Morgan fingerprint density at radius 1 is 1.14 bits per heavy atom. The molecule has 2 aromatic rings. The molecule has 1 heterocycles. The fourth-order valence-electron chi connectivity index (χ4n) is 2.82. The Labute approximate surface area is 124 Å². The highest BCUT2D eigenvalue weighted by molar-refractivity contribution is 7.92. The minimum atomic E-state index is -3.48. The summed E-state index contributed by atoms with van der Waals surface area (Å²) >= 11 is 0. The highest BCUT2D eigenvalue weighted by Crippen LogP contribution is 2.35. The Hall–Kier alpha value is -1.88. The van der Waals surface area contributed by atoms with E-state index >= 15 is 0 Å². The van der Waals surface area contributed by atoms with Crippen LogP contribution in [0.1, 0.15) is 18.1 Å². The Balaban J connectivity index is 1.93. The number of para-hydroxylation sites is 1. The molecule has 3 rings (SSSR count). The Kier molecular flexibility index (Phi) is 3.45. The number of halogens is 1. The summed E-state index contributed by atoms with van der Waals surface area (Å²) in [5.41, 5.74) is 2.40. The van der Waals surface area contributed by atoms with E-state index in [-0.39, 0.29) is 17.6 Å². The van der Waals surface area contributed by atoms with E-state index in [1.54, 1.807) is 0 Å². The van der Waals surface area contributed by atoms with Crippen LogP contribution in [0.25, 0.3) is 0 Å². The van der Waals surface area contributed by atoms with Gasteiger partial charge in [-0.1, -0.05) is 30.3 Å². The van der Waals surface area contributed by atoms with E-state index in [0.29, 0.717) is 5.56 Å². The molecule has 0 saturated carbocycles. The lowest BCUT2D eigenvalue weighted by molar-refractivity contribution is 0.583. The van der Waals surface area contributed by atoms with Crippen molar-refractivity contribution in [1.29, 1.82) is 0 Å². The summed E-state index contributed by atoms with van der Waals surface area (Å²) in [7, 11) is -3.48. The maximum absolute atomic E-state index is 12.9. The van der Waals surface area contributed by atoms with Gasteiger partial charge in [-0.2, -0.15) is 0 Å². The van der Waals surface area contributed by atoms with Crippen molar-refractivity contribution in [3.63, 3.8) is 0 Å². The SMILES string of the molecule is C[C@H]1Cc2ccccc2N1S(=O)(=O)Cc1ccc(F)cc1. The number of benzene rings is 2. The van der Waals surface area contributed by atoms with Gasteiger partial charge >= 0.3 is 0 Å². The molecule has 1 aliphatic rings. The molecular formula is C16H16FNO2S. The third-order valence-electron chi connectivity index (χ3n) is 3.71. The molecule has 0 spiro atoms. The van der Waals surface area contributed by atoms with E-state index in [0.717, 1.165) is 17.7 Å². The molecule has 0 radical (unpaired) electrons. The van der Waals surface area contributed by atoms with Gasteiger partial charge in [-0.05, 0) is 42.7 Å². The summed E-state index contributed by atoms with van der Waals surface area (Å²) in [6.45, 7) is 1.90. The molecule has 5 heteroatoms. The monoisotopic (exact) mass is 305 g/mol. The first-order valence-corrected chi connectivity index (χ1v) is 8.43. The van der Waals surface area contributed by atoms with Crippen molar-refractivity contribution in [2.24, 2.45) is 0 Å². The molecule has 1 aliphatic heterocycles. The molecule has 0 aromatic heterocycles. The van der Waals surface area contributed by atoms with Gasteiger partial charge in [0, 0.05) is 6.04 Å². The van der Waals surface area contributed by atoms with Crippen LogP contribution in [-0.4, -0.2) is 14.5 Å². The van der Waals surface area contributed by atoms with Crippen LogP contribution in [0.4, 0.5) is 10.1 Å². The lowest BCUT2D eigenvalue weighted by Crippen LogP contribution is -2.36. The third kappa shape index (κ3) is 2.65. The van der Waals surface area contributed by atoms with Crippen LogP contribution >= 0.6 is 0 Å². The van der Waals surface area contributed by atoms with E-state index in [2.05, 4.69) is 0 Å².